The van der Waals surface area contributed by atoms with Gasteiger partial charge < -0.3 is 9.84 Å². The van der Waals surface area contributed by atoms with Crippen molar-refractivity contribution in [1.29, 1.82) is 5.26 Å². The van der Waals surface area contributed by atoms with Crippen molar-refractivity contribution >= 4 is 11.6 Å². The molecule has 0 unspecified atom stereocenters. The van der Waals surface area contributed by atoms with Gasteiger partial charge in [-0.15, -0.1) is 0 Å². The third-order valence-corrected chi connectivity index (χ3v) is 4.83. The number of hydrogen-bond donors (Lipinski definition) is 1. The fraction of sp³-hybridized carbons (Fsp3) is 0.227. The molecule has 28 heavy (non-hydrogen) atoms. The predicted molar refractivity (Wildman–Crippen MR) is 107 cm³/mol. The highest BCUT2D eigenvalue weighted by Crippen LogP contribution is 2.21. The lowest BCUT2D eigenvalue weighted by atomic mass is 10.1. The minimum Gasteiger partial charge on any atom is -0.364 e. The van der Waals surface area contributed by atoms with Crippen LogP contribution in [-0.2, 0) is 6.54 Å². The van der Waals surface area contributed by atoms with E-state index in [9.17, 15) is 10.1 Å². The quantitative estimate of drug-likeness (QED) is 0.695. The Morgan fingerprint density at radius 2 is 2.00 bits per heavy atom. The fourth-order valence-corrected chi connectivity index (χ4v) is 2.96. The van der Waals surface area contributed by atoms with E-state index in [4.69, 9.17) is 4.52 Å². The molecule has 0 aliphatic heterocycles. The van der Waals surface area contributed by atoms with Crippen LogP contribution in [0.1, 0.15) is 45.7 Å². The molecule has 0 radical (unpaired) electrons. The van der Waals surface area contributed by atoms with E-state index in [0.29, 0.717) is 23.4 Å². The molecule has 0 saturated carbocycles. The van der Waals surface area contributed by atoms with Gasteiger partial charge >= 0.3 is 0 Å². The zero-order chi connectivity index (χ0) is 20.1. The maximum Gasteiger partial charge on any atom is 0.255 e. The van der Waals surface area contributed by atoms with Crippen molar-refractivity contribution in [3.8, 4) is 6.07 Å². The Morgan fingerprint density at radius 3 is 2.64 bits per heavy atom. The normalized spacial score (nSPS) is 11.8. The zero-order valence-corrected chi connectivity index (χ0v) is 16.1. The predicted octanol–water partition coefficient (Wildman–Crippen LogP) is 4.30. The van der Waals surface area contributed by atoms with Crippen molar-refractivity contribution in [1.82, 2.24) is 10.1 Å². The molecule has 3 aromatic rings. The first-order valence-corrected chi connectivity index (χ1v) is 9.00. The van der Waals surface area contributed by atoms with Gasteiger partial charge in [-0.2, -0.15) is 5.26 Å². The Hall–Kier alpha value is -3.43. The molecule has 0 spiro atoms. The number of nitrogens with zero attached hydrogens (tertiary/aromatic N) is 3. The molecule has 0 saturated heterocycles. The molecule has 0 fully saturated rings. The van der Waals surface area contributed by atoms with Gasteiger partial charge in [0, 0.05) is 18.2 Å². The van der Waals surface area contributed by atoms with Gasteiger partial charge in [0.15, 0.2) is 0 Å². The second kappa shape index (κ2) is 8.51. The summed E-state index contributed by atoms with van der Waals surface area (Å²) in [5.74, 6) is -0.238. The summed E-state index contributed by atoms with van der Waals surface area (Å²) in [4.78, 5) is 14.7. The third kappa shape index (κ3) is 4.27. The average Bonchev–Trinajstić information content (AvgIpc) is 3.23. The number of anilines is 1. The first-order valence-electron chi connectivity index (χ1n) is 9.00. The van der Waals surface area contributed by atoms with Crippen molar-refractivity contribution < 1.29 is 9.32 Å². The van der Waals surface area contributed by atoms with Crippen LogP contribution in [-0.4, -0.2) is 23.0 Å². The van der Waals surface area contributed by atoms with Gasteiger partial charge in [0.2, 0.25) is 0 Å². The van der Waals surface area contributed by atoms with Gasteiger partial charge in [-0.05, 0) is 50.2 Å². The molecule has 2 aromatic carbocycles. The number of rotatable bonds is 6. The number of aryl methyl sites for hydroxylation is 1. The smallest absolute Gasteiger partial charge is 0.255 e. The highest BCUT2D eigenvalue weighted by atomic mass is 16.5. The molecule has 1 N–H and O–H groups in total. The number of carbonyl (C=O) groups excluding carboxylic acids is 1. The lowest BCUT2D eigenvalue weighted by Gasteiger charge is -2.22. The summed E-state index contributed by atoms with van der Waals surface area (Å²) < 4.78 is 4.91. The highest BCUT2D eigenvalue weighted by molar-refractivity contribution is 6.05. The summed E-state index contributed by atoms with van der Waals surface area (Å²) >= 11 is 0. The second-order valence-electron chi connectivity index (χ2n) is 6.78. The summed E-state index contributed by atoms with van der Waals surface area (Å²) in [6, 6.07) is 17.0. The van der Waals surface area contributed by atoms with Crippen LogP contribution in [0, 0.1) is 18.3 Å². The van der Waals surface area contributed by atoms with E-state index in [2.05, 4.69) is 28.4 Å². The molecule has 6 nitrogen and oxygen atoms in total. The van der Waals surface area contributed by atoms with Crippen LogP contribution in [0.25, 0.3) is 0 Å². The van der Waals surface area contributed by atoms with Crippen molar-refractivity contribution in [2.24, 2.45) is 0 Å². The summed E-state index contributed by atoms with van der Waals surface area (Å²) in [7, 11) is 2.02. The van der Waals surface area contributed by atoms with Gasteiger partial charge in [-0.1, -0.05) is 29.4 Å². The molecule has 142 valence electrons. The highest BCUT2D eigenvalue weighted by Gasteiger charge is 2.15. The molecule has 1 amide bonds. The number of benzene rings is 2. The lowest BCUT2D eigenvalue weighted by Crippen LogP contribution is -2.22. The Bertz CT molecular complexity index is 988. The lowest BCUT2D eigenvalue weighted by molar-refractivity contribution is 0.102. The van der Waals surface area contributed by atoms with Crippen LogP contribution >= 0.6 is 0 Å². The number of aromatic nitrogens is 1. The SMILES string of the molecule is Cc1cccc(NC(=O)c2ccc(CN(C)[C@H](C)c3ccon3)cc2)c1C#N. The summed E-state index contributed by atoms with van der Waals surface area (Å²) in [6.07, 6.45) is 1.57. The van der Waals surface area contributed by atoms with Gasteiger partial charge in [0.1, 0.15) is 18.0 Å². The van der Waals surface area contributed by atoms with Crippen LogP contribution in [0.3, 0.4) is 0 Å². The van der Waals surface area contributed by atoms with Crippen LogP contribution in [0.2, 0.25) is 0 Å². The first-order chi connectivity index (χ1) is 13.5. The van der Waals surface area contributed by atoms with Crippen molar-refractivity contribution in [2.75, 3.05) is 12.4 Å². The maximum absolute atomic E-state index is 12.5. The number of nitriles is 1. The molecule has 1 aromatic heterocycles. The minimum atomic E-state index is -0.238. The first kappa shape index (κ1) is 19.3. The molecule has 1 atom stereocenters. The zero-order valence-electron chi connectivity index (χ0n) is 16.1. The molecule has 1 heterocycles. The van der Waals surface area contributed by atoms with E-state index in [0.717, 1.165) is 16.8 Å². The molecular weight excluding hydrogens is 352 g/mol. The molecule has 0 bridgehead atoms. The molecule has 3 rings (SSSR count). The topological polar surface area (TPSA) is 82.2 Å². The van der Waals surface area contributed by atoms with Gasteiger partial charge in [0.05, 0.1) is 17.3 Å². The monoisotopic (exact) mass is 374 g/mol. The average molecular weight is 374 g/mol. The molecule has 0 aliphatic rings. The fourth-order valence-electron chi connectivity index (χ4n) is 2.96. The number of carbonyl (C=O) groups is 1. The third-order valence-electron chi connectivity index (χ3n) is 4.83. The van der Waals surface area contributed by atoms with E-state index in [1.165, 1.54) is 0 Å². The van der Waals surface area contributed by atoms with Crippen LogP contribution in [0.15, 0.2) is 59.3 Å². The van der Waals surface area contributed by atoms with E-state index >= 15 is 0 Å². The number of hydrogen-bond acceptors (Lipinski definition) is 5. The van der Waals surface area contributed by atoms with Crippen LogP contribution in [0.5, 0.6) is 0 Å². The maximum atomic E-state index is 12.5. The summed E-state index contributed by atoms with van der Waals surface area (Å²) in [6.45, 7) is 4.63. The van der Waals surface area contributed by atoms with Crippen molar-refractivity contribution in [2.45, 2.75) is 26.4 Å². The number of nitrogens with one attached hydrogen (secondary N) is 1. The van der Waals surface area contributed by atoms with Gasteiger partial charge in [-0.3, -0.25) is 9.69 Å². The Kier molecular flexibility index (Phi) is 5.87. The summed E-state index contributed by atoms with van der Waals surface area (Å²) in [5, 5.41) is 16.1. The Labute approximate surface area is 164 Å². The van der Waals surface area contributed by atoms with E-state index < -0.39 is 0 Å². The standard InChI is InChI=1S/C22H22N4O2/c1-15-5-4-6-21(19(15)13-23)24-22(27)18-9-7-17(8-10-18)14-26(3)16(2)20-11-12-28-25-20/h4-12,16H,14H2,1-3H3,(H,24,27)/t16-/m1/s1. The second-order valence-corrected chi connectivity index (χ2v) is 6.78. The van der Waals surface area contributed by atoms with Crippen LogP contribution < -0.4 is 5.32 Å². The van der Waals surface area contributed by atoms with E-state index in [1.807, 2.05) is 44.3 Å². The minimum absolute atomic E-state index is 0.118. The van der Waals surface area contributed by atoms with E-state index in [-0.39, 0.29) is 11.9 Å². The van der Waals surface area contributed by atoms with Gasteiger partial charge in [-0.25, -0.2) is 0 Å². The van der Waals surface area contributed by atoms with Crippen molar-refractivity contribution in [3.63, 3.8) is 0 Å². The molecular formula is C22H22N4O2. The number of amides is 1. The molecule has 0 aliphatic carbocycles. The summed E-state index contributed by atoms with van der Waals surface area (Å²) in [5.41, 5.74) is 4.35. The van der Waals surface area contributed by atoms with Crippen molar-refractivity contribution in [3.05, 3.63) is 82.7 Å². The Balaban J connectivity index is 1.66. The Morgan fingerprint density at radius 1 is 1.25 bits per heavy atom. The van der Waals surface area contributed by atoms with E-state index in [1.54, 1.807) is 24.5 Å². The van der Waals surface area contributed by atoms with Gasteiger partial charge in [0.25, 0.3) is 5.91 Å². The molecule has 6 heteroatoms. The van der Waals surface area contributed by atoms with Crippen LogP contribution in [0.4, 0.5) is 5.69 Å². The largest absolute Gasteiger partial charge is 0.364 e.